The molecule has 1 rings (SSSR count). The topological polar surface area (TPSA) is 47.0 Å². The number of anilines is 1. The zero-order valence-electron chi connectivity index (χ0n) is 9.96. The molecule has 0 aliphatic carbocycles. The van der Waals surface area contributed by atoms with Crippen molar-refractivity contribution >= 4 is 21.7 Å². The van der Waals surface area contributed by atoms with Crippen LogP contribution in [0, 0.1) is 0 Å². The van der Waals surface area contributed by atoms with E-state index in [9.17, 15) is 0 Å². The molecule has 1 unspecified atom stereocenters. The Hall–Kier alpha value is -0.680. The minimum Gasteiger partial charge on any atom is -0.384 e. The Morgan fingerprint density at radius 1 is 1.56 bits per heavy atom. The van der Waals surface area contributed by atoms with E-state index in [4.69, 9.17) is 4.74 Å². The van der Waals surface area contributed by atoms with E-state index < -0.39 is 0 Å². The summed E-state index contributed by atoms with van der Waals surface area (Å²) in [6, 6.07) is 0. The SMILES string of the molecule is CCCNc1nc(C(C)COC)ncc1Br. The van der Waals surface area contributed by atoms with Crippen LogP contribution in [0.25, 0.3) is 0 Å². The molecule has 0 aliphatic heterocycles. The first-order valence-corrected chi connectivity index (χ1v) is 6.23. The van der Waals surface area contributed by atoms with E-state index in [0.717, 1.165) is 29.1 Å². The first-order valence-electron chi connectivity index (χ1n) is 5.44. The van der Waals surface area contributed by atoms with E-state index in [-0.39, 0.29) is 5.92 Å². The Bertz CT molecular complexity index is 333. The maximum Gasteiger partial charge on any atom is 0.144 e. The second-order valence-electron chi connectivity index (χ2n) is 3.71. The molecule has 1 aromatic heterocycles. The number of hydrogen-bond acceptors (Lipinski definition) is 4. The molecule has 0 spiro atoms. The van der Waals surface area contributed by atoms with E-state index in [1.807, 2.05) is 0 Å². The highest BCUT2D eigenvalue weighted by atomic mass is 79.9. The van der Waals surface area contributed by atoms with Gasteiger partial charge in [-0.15, -0.1) is 0 Å². The highest BCUT2D eigenvalue weighted by Gasteiger charge is 2.11. The lowest BCUT2D eigenvalue weighted by molar-refractivity contribution is 0.181. The smallest absolute Gasteiger partial charge is 0.144 e. The highest BCUT2D eigenvalue weighted by molar-refractivity contribution is 9.10. The van der Waals surface area contributed by atoms with Crippen LogP contribution in [0.2, 0.25) is 0 Å². The van der Waals surface area contributed by atoms with Gasteiger partial charge in [0.1, 0.15) is 11.6 Å². The number of aromatic nitrogens is 2. The molecule has 0 fully saturated rings. The number of ether oxygens (including phenoxy) is 1. The molecule has 16 heavy (non-hydrogen) atoms. The van der Waals surface area contributed by atoms with Gasteiger partial charge in [0.15, 0.2) is 0 Å². The Labute approximate surface area is 105 Å². The molecule has 5 heteroatoms. The third-order valence-corrected chi connectivity index (χ3v) is 2.74. The molecule has 90 valence electrons. The second-order valence-corrected chi connectivity index (χ2v) is 4.56. The fraction of sp³-hybridized carbons (Fsp3) is 0.636. The number of hydrogen-bond donors (Lipinski definition) is 1. The molecule has 0 aromatic carbocycles. The van der Waals surface area contributed by atoms with Crippen molar-refractivity contribution in [2.75, 3.05) is 25.6 Å². The Kier molecular flexibility index (Phi) is 5.69. The van der Waals surface area contributed by atoms with Gasteiger partial charge < -0.3 is 10.1 Å². The highest BCUT2D eigenvalue weighted by Crippen LogP contribution is 2.21. The summed E-state index contributed by atoms with van der Waals surface area (Å²) in [4.78, 5) is 8.77. The van der Waals surface area contributed by atoms with Crippen LogP contribution >= 0.6 is 15.9 Å². The average molecular weight is 288 g/mol. The third kappa shape index (κ3) is 3.72. The van der Waals surface area contributed by atoms with Crippen molar-refractivity contribution in [3.05, 3.63) is 16.5 Å². The summed E-state index contributed by atoms with van der Waals surface area (Å²) in [6.07, 6.45) is 2.85. The second kappa shape index (κ2) is 6.81. The van der Waals surface area contributed by atoms with Crippen molar-refractivity contribution in [3.8, 4) is 0 Å². The molecule has 0 amide bonds. The predicted molar refractivity (Wildman–Crippen MR) is 68.8 cm³/mol. The number of rotatable bonds is 6. The standard InChI is InChI=1S/C11H18BrN3O/c1-4-5-13-11-9(12)6-14-10(15-11)8(2)7-16-3/h6,8H,4-5,7H2,1-3H3,(H,13,14,15). The Balaban J connectivity index is 2.80. The van der Waals surface area contributed by atoms with Crippen LogP contribution in [0.1, 0.15) is 32.0 Å². The third-order valence-electron chi connectivity index (χ3n) is 2.16. The van der Waals surface area contributed by atoms with Crippen molar-refractivity contribution in [2.24, 2.45) is 0 Å². The molecule has 0 radical (unpaired) electrons. The van der Waals surface area contributed by atoms with Crippen molar-refractivity contribution < 1.29 is 4.74 Å². The van der Waals surface area contributed by atoms with Crippen molar-refractivity contribution in [3.63, 3.8) is 0 Å². The minimum atomic E-state index is 0.209. The summed E-state index contributed by atoms with van der Waals surface area (Å²) in [5, 5.41) is 3.26. The quantitative estimate of drug-likeness (QED) is 0.874. The lowest BCUT2D eigenvalue weighted by atomic mass is 10.2. The summed E-state index contributed by atoms with van der Waals surface area (Å²) in [5.74, 6) is 1.87. The largest absolute Gasteiger partial charge is 0.384 e. The van der Waals surface area contributed by atoms with Gasteiger partial charge in [-0.05, 0) is 22.4 Å². The summed E-state index contributed by atoms with van der Waals surface area (Å²) >= 11 is 3.43. The zero-order chi connectivity index (χ0) is 12.0. The van der Waals surface area contributed by atoms with E-state index in [1.165, 1.54) is 0 Å². The minimum absolute atomic E-state index is 0.209. The number of halogens is 1. The van der Waals surface area contributed by atoms with Crippen LogP contribution in [0.3, 0.4) is 0 Å². The molecule has 0 aliphatic rings. The van der Waals surface area contributed by atoms with Gasteiger partial charge in [-0.3, -0.25) is 0 Å². The number of methoxy groups -OCH3 is 1. The monoisotopic (exact) mass is 287 g/mol. The van der Waals surface area contributed by atoms with Gasteiger partial charge in [0.05, 0.1) is 11.1 Å². The predicted octanol–water partition coefficient (Wildman–Crippen LogP) is 2.81. The maximum absolute atomic E-state index is 5.10. The van der Waals surface area contributed by atoms with Crippen LogP contribution in [0.15, 0.2) is 10.7 Å². The lowest BCUT2D eigenvalue weighted by Gasteiger charge is -2.12. The molecule has 1 N–H and O–H groups in total. The van der Waals surface area contributed by atoms with Crippen LogP contribution in [0.4, 0.5) is 5.82 Å². The summed E-state index contributed by atoms with van der Waals surface area (Å²) < 4.78 is 5.99. The molecular formula is C11H18BrN3O. The lowest BCUT2D eigenvalue weighted by Crippen LogP contribution is -2.10. The summed E-state index contributed by atoms with van der Waals surface area (Å²) in [5.41, 5.74) is 0. The first-order chi connectivity index (χ1) is 7.69. The van der Waals surface area contributed by atoms with Crippen LogP contribution < -0.4 is 5.32 Å². The number of nitrogens with zero attached hydrogens (tertiary/aromatic N) is 2. The first kappa shape index (κ1) is 13.4. The molecule has 1 atom stereocenters. The van der Waals surface area contributed by atoms with Gasteiger partial charge in [-0.2, -0.15) is 0 Å². The van der Waals surface area contributed by atoms with Gasteiger partial charge in [0, 0.05) is 25.8 Å². The van der Waals surface area contributed by atoms with Crippen molar-refractivity contribution in [2.45, 2.75) is 26.2 Å². The van der Waals surface area contributed by atoms with Crippen molar-refractivity contribution in [1.29, 1.82) is 0 Å². The Morgan fingerprint density at radius 2 is 2.31 bits per heavy atom. The fourth-order valence-corrected chi connectivity index (χ4v) is 1.64. The van der Waals surface area contributed by atoms with Crippen LogP contribution in [0.5, 0.6) is 0 Å². The van der Waals surface area contributed by atoms with Gasteiger partial charge in [-0.1, -0.05) is 13.8 Å². The van der Waals surface area contributed by atoms with Gasteiger partial charge >= 0.3 is 0 Å². The fourth-order valence-electron chi connectivity index (χ4n) is 1.31. The molecule has 1 aromatic rings. The van der Waals surface area contributed by atoms with Crippen LogP contribution in [-0.4, -0.2) is 30.2 Å². The summed E-state index contributed by atoms with van der Waals surface area (Å²) in [7, 11) is 1.69. The van der Waals surface area contributed by atoms with E-state index in [1.54, 1.807) is 13.3 Å². The molecule has 0 saturated heterocycles. The average Bonchev–Trinajstić information content (AvgIpc) is 2.28. The van der Waals surface area contributed by atoms with Crippen molar-refractivity contribution in [1.82, 2.24) is 9.97 Å². The normalized spacial score (nSPS) is 12.5. The zero-order valence-corrected chi connectivity index (χ0v) is 11.5. The molecule has 0 saturated carbocycles. The maximum atomic E-state index is 5.10. The Morgan fingerprint density at radius 3 is 2.94 bits per heavy atom. The van der Waals surface area contributed by atoms with Gasteiger partial charge in [0.2, 0.25) is 0 Å². The molecule has 1 heterocycles. The van der Waals surface area contributed by atoms with E-state index in [0.29, 0.717) is 6.61 Å². The molecule has 0 bridgehead atoms. The molecule has 4 nitrogen and oxygen atoms in total. The summed E-state index contributed by atoms with van der Waals surface area (Å²) in [6.45, 7) is 5.72. The van der Waals surface area contributed by atoms with E-state index >= 15 is 0 Å². The number of nitrogens with one attached hydrogen (secondary N) is 1. The van der Waals surface area contributed by atoms with Gasteiger partial charge in [-0.25, -0.2) is 9.97 Å². The van der Waals surface area contributed by atoms with E-state index in [2.05, 4.69) is 45.1 Å². The molecular weight excluding hydrogens is 270 g/mol. The van der Waals surface area contributed by atoms with Gasteiger partial charge in [0.25, 0.3) is 0 Å². The van der Waals surface area contributed by atoms with Crippen LogP contribution in [-0.2, 0) is 4.74 Å².